The van der Waals surface area contributed by atoms with E-state index in [0.29, 0.717) is 45.0 Å². The lowest BCUT2D eigenvalue weighted by molar-refractivity contribution is -0.121. The molecule has 1 N–H and O–H groups in total. The minimum atomic E-state index is -0.0108. The highest BCUT2D eigenvalue weighted by molar-refractivity contribution is 5.75. The highest BCUT2D eigenvalue weighted by atomic mass is 16.5. The maximum absolute atomic E-state index is 11.5. The number of amides is 1. The van der Waals surface area contributed by atoms with E-state index in [1.54, 1.807) is 18.5 Å². The molecule has 0 spiro atoms. The molecule has 0 radical (unpaired) electrons. The van der Waals surface area contributed by atoms with Crippen LogP contribution in [0.25, 0.3) is 0 Å². The van der Waals surface area contributed by atoms with Gasteiger partial charge in [-0.05, 0) is 12.5 Å². The standard InChI is InChI=1S/C14H23N3O3/c1-2-9-19-11-12-20-10-8-17-14(18)5-4-13-15-6-3-7-16-13/h3,6-7H,2,4-5,8-12H2,1H3,(H,17,18). The number of aromatic nitrogens is 2. The van der Waals surface area contributed by atoms with Crippen molar-refractivity contribution in [3.8, 4) is 0 Å². The summed E-state index contributed by atoms with van der Waals surface area (Å²) in [6, 6.07) is 1.76. The third-order valence-corrected chi connectivity index (χ3v) is 2.48. The summed E-state index contributed by atoms with van der Waals surface area (Å²) < 4.78 is 10.6. The summed E-state index contributed by atoms with van der Waals surface area (Å²) in [5.74, 6) is 0.676. The molecule has 20 heavy (non-hydrogen) atoms. The maximum atomic E-state index is 11.5. The van der Waals surface area contributed by atoms with Crippen LogP contribution in [0.1, 0.15) is 25.6 Å². The lowest BCUT2D eigenvalue weighted by Crippen LogP contribution is -2.28. The molecule has 1 aromatic rings. The molecule has 0 aliphatic rings. The van der Waals surface area contributed by atoms with Gasteiger partial charge in [0.15, 0.2) is 0 Å². The van der Waals surface area contributed by atoms with Gasteiger partial charge in [-0.2, -0.15) is 0 Å². The molecule has 1 rings (SSSR count). The summed E-state index contributed by atoms with van der Waals surface area (Å²) in [7, 11) is 0. The zero-order valence-corrected chi connectivity index (χ0v) is 12.0. The average molecular weight is 281 g/mol. The van der Waals surface area contributed by atoms with E-state index >= 15 is 0 Å². The molecule has 0 saturated heterocycles. The Labute approximate surface area is 119 Å². The largest absolute Gasteiger partial charge is 0.379 e. The van der Waals surface area contributed by atoms with Crippen molar-refractivity contribution in [2.24, 2.45) is 0 Å². The predicted octanol–water partition coefficient (Wildman–Crippen LogP) is 0.969. The van der Waals surface area contributed by atoms with Crippen molar-refractivity contribution in [1.29, 1.82) is 0 Å². The molecule has 1 aromatic heterocycles. The maximum Gasteiger partial charge on any atom is 0.220 e. The van der Waals surface area contributed by atoms with Gasteiger partial charge in [-0.15, -0.1) is 0 Å². The number of rotatable bonds is 11. The van der Waals surface area contributed by atoms with Crippen LogP contribution in [0.15, 0.2) is 18.5 Å². The number of carbonyl (C=O) groups excluding carboxylic acids is 1. The van der Waals surface area contributed by atoms with Gasteiger partial charge < -0.3 is 14.8 Å². The Bertz CT molecular complexity index is 360. The first-order chi connectivity index (χ1) is 9.83. The van der Waals surface area contributed by atoms with Crippen LogP contribution in [0.2, 0.25) is 0 Å². The summed E-state index contributed by atoms with van der Waals surface area (Å²) in [4.78, 5) is 19.7. The first kappa shape index (κ1) is 16.5. The topological polar surface area (TPSA) is 73.3 Å². The summed E-state index contributed by atoms with van der Waals surface area (Å²) in [6.07, 6.45) is 5.31. The fraction of sp³-hybridized carbons (Fsp3) is 0.643. The first-order valence-electron chi connectivity index (χ1n) is 7.01. The quantitative estimate of drug-likeness (QED) is 0.612. The summed E-state index contributed by atoms with van der Waals surface area (Å²) in [5.41, 5.74) is 0. The van der Waals surface area contributed by atoms with Crippen LogP contribution < -0.4 is 5.32 Å². The van der Waals surface area contributed by atoms with E-state index in [2.05, 4.69) is 22.2 Å². The van der Waals surface area contributed by atoms with E-state index in [9.17, 15) is 4.79 Å². The van der Waals surface area contributed by atoms with E-state index in [4.69, 9.17) is 9.47 Å². The minimum Gasteiger partial charge on any atom is -0.379 e. The Balaban J connectivity index is 1.93. The molecular formula is C14H23N3O3. The van der Waals surface area contributed by atoms with Gasteiger partial charge in [0.05, 0.1) is 19.8 Å². The van der Waals surface area contributed by atoms with Gasteiger partial charge in [-0.1, -0.05) is 6.92 Å². The van der Waals surface area contributed by atoms with Gasteiger partial charge in [0.2, 0.25) is 5.91 Å². The van der Waals surface area contributed by atoms with E-state index in [-0.39, 0.29) is 5.91 Å². The summed E-state index contributed by atoms with van der Waals surface area (Å²) in [5, 5.41) is 2.79. The highest BCUT2D eigenvalue weighted by Crippen LogP contribution is 1.93. The van der Waals surface area contributed by atoms with Gasteiger partial charge in [0.1, 0.15) is 5.82 Å². The predicted molar refractivity (Wildman–Crippen MR) is 75.3 cm³/mol. The molecule has 0 aliphatic carbocycles. The van der Waals surface area contributed by atoms with Crippen LogP contribution in [-0.2, 0) is 20.7 Å². The molecule has 1 heterocycles. The van der Waals surface area contributed by atoms with Crippen LogP contribution >= 0.6 is 0 Å². The Morgan fingerprint density at radius 1 is 1.15 bits per heavy atom. The molecule has 0 atom stereocenters. The number of aryl methyl sites for hydroxylation is 1. The van der Waals surface area contributed by atoms with Crippen LogP contribution in [0.3, 0.4) is 0 Å². The molecule has 0 unspecified atom stereocenters. The van der Waals surface area contributed by atoms with Crippen molar-refractivity contribution in [3.05, 3.63) is 24.3 Å². The van der Waals surface area contributed by atoms with Crippen LogP contribution in [0.5, 0.6) is 0 Å². The molecule has 0 bridgehead atoms. The zero-order valence-electron chi connectivity index (χ0n) is 12.0. The second-order valence-electron chi connectivity index (χ2n) is 4.24. The Morgan fingerprint density at radius 2 is 1.85 bits per heavy atom. The Kier molecular flexibility index (Phi) is 9.34. The number of hydrogen-bond acceptors (Lipinski definition) is 5. The fourth-order valence-corrected chi connectivity index (χ4v) is 1.50. The zero-order chi connectivity index (χ0) is 14.5. The fourth-order valence-electron chi connectivity index (χ4n) is 1.50. The van der Waals surface area contributed by atoms with E-state index in [1.165, 1.54) is 0 Å². The molecule has 1 amide bonds. The molecule has 0 fully saturated rings. The smallest absolute Gasteiger partial charge is 0.220 e. The number of nitrogens with one attached hydrogen (secondary N) is 1. The van der Waals surface area contributed by atoms with E-state index < -0.39 is 0 Å². The second kappa shape index (κ2) is 11.3. The van der Waals surface area contributed by atoms with E-state index in [1.807, 2.05) is 0 Å². The van der Waals surface area contributed by atoms with Crippen molar-refractivity contribution in [1.82, 2.24) is 15.3 Å². The third-order valence-electron chi connectivity index (χ3n) is 2.48. The molecule has 0 aliphatic heterocycles. The van der Waals surface area contributed by atoms with Gasteiger partial charge >= 0.3 is 0 Å². The normalized spacial score (nSPS) is 10.4. The van der Waals surface area contributed by atoms with Crippen LogP contribution in [-0.4, -0.2) is 48.8 Å². The van der Waals surface area contributed by atoms with Crippen molar-refractivity contribution in [2.75, 3.05) is 33.0 Å². The van der Waals surface area contributed by atoms with Gasteiger partial charge in [-0.25, -0.2) is 9.97 Å². The Hall–Kier alpha value is -1.53. The monoisotopic (exact) mass is 281 g/mol. The number of carbonyl (C=O) groups is 1. The van der Waals surface area contributed by atoms with E-state index in [0.717, 1.165) is 13.0 Å². The lowest BCUT2D eigenvalue weighted by Gasteiger charge is -2.06. The molecular weight excluding hydrogens is 258 g/mol. The highest BCUT2D eigenvalue weighted by Gasteiger charge is 2.02. The molecule has 0 aromatic carbocycles. The minimum absolute atomic E-state index is 0.0108. The average Bonchev–Trinajstić information content (AvgIpc) is 2.49. The first-order valence-corrected chi connectivity index (χ1v) is 7.01. The number of hydrogen-bond donors (Lipinski definition) is 1. The lowest BCUT2D eigenvalue weighted by atomic mass is 10.3. The van der Waals surface area contributed by atoms with Crippen molar-refractivity contribution >= 4 is 5.91 Å². The number of ether oxygens (including phenoxy) is 2. The molecule has 6 heteroatoms. The summed E-state index contributed by atoms with van der Waals surface area (Å²) >= 11 is 0. The van der Waals surface area contributed by atoms with Crippen LogP contribution in [0, 0.1) is 0 Å². The SMILES string of the molecule is CCCOCCOCCNC(=O)CCc1ncccn1. The van der Waals surface area contributed by atoms with Gasteiger partial charge in [-0.3, -0.25) is 4.79 Å². The molecule has 6 nitrogen and oxygen atoms in total. The molecule has 0 saturated carbocycles. The molecule has 112 valence electrons. The third kappa shape index (κ3) is 8.55. The van der Waals surface area contributed by atoms with Gasteiger partial charge in [0.25, 0.3) is 0 Å². The second-order valence-corrected chi connectivity index (χ2v) is 4.24. The Morgan fingerprint density at radius 3 is 2.55 bits per heavy atom. The van der Waals surface area contributed by atoms with Crippen LogP contribution in [0.4, 0.5) is 0 Å². The van der Waals surface area contributed by atoms with Crippen molar-refractivity contribution in [2.45, 2.75) is 26.2 Å². The van der Waals surface area contributed by atoms with Crippen molar-refractivity contribution in [3.63, 3.8) is 0 Å². The number of nitrogens with zero attached hydrogens (tertiary/aromatic N) is 2. The van der Waals surface area contributed by atoms with Gasteiger partial charge in [0, 0.05) is 38.4 Å². The van der Waals surface area contributed by atoms with Crippen molar-refractivity contribution < 1.29 is 14.3 Å². The summed E-state index contributed by atoms with van der Waals surface area (Å²) in [6.45, 7) is 5.02.